The lowest BCUT2D eigenvalue weighted by Gasteiger charge is -2.22. The van der Waals surface area contributed by atoms with E-state index in [0.29, 0.717) is 11.9 Å². The van der Waals surface area contributed by atoms with Crippen LogP contribution >= 0.6 is 0 Å². The van der Waals surface area contributed by atoms with E-state index in [4.69, 9.17) is 5.11 Å². The van der Waals surface area contributed by atoms with Crippen LogP contribution in [0, 0.1) is 0 Å². The Bertz CT molecular complexity index is 493. The molecule has 0 aromatic heterocycles. The van der Waals surface area contributed by atoms with Crippen molar-refractivity contribution in [3.8, 4) is 0 Å². The Morgan fingerprint density at radius 2 is 2.25 bits per heavy atom. The van der Waals surface area contributed by atoms with Gasteiger partial charge in [0.15, 0.2) is 0 Å². The van der Waals surface area contributed by atoms with Gasteiger partial charge in [-0.1, -0.05) is 13.2 Å². The van der Waals surface area contributed by atoms with Crippen LogP contribution in [0.2, 0.25) is 0 Å². The maximum atomic E-state index is 12.0. The summed E-state index contributed by atoms with van der Waals surface area (Å²) in [6, 6.07) is -0.686. The SMILES string of the molecule is C=C(O)/C=C1/CN(C(C=O)CCC(=O)NC)C(=O)C1=C. The number of hydrogen-bond acceptors (Lipinski definition) is 4. The summed E-state index contributed by atoms with van der Waals surface area (Å²) in [6.45, 7) is 7.14. The van der Waals surface area contributed by atoms with Crippen LogP contribution in [0.15, 0.2) is 36.1 Å². The Morgan fingerprint density at radius 1 is 1.60 bits per heavy atom. The summed E-state index contributed by atoms with van der Waals surface area (Å²) in [6.07, 6.45) is 2.39. The molecule has 6 nitrogen and oxygen atoms in total. The normalized spacial score (nSPS) is 18.2. The monoisotopic (exact) mass is 278 g/mol. The highest BCUT2D eigenvalue weighted by molar-refractivity contribution is 6.02. The topological polar surface area (TPSA) is 86.7 Å². The highest BCUT2D eigenvalue weighted by Gasteiger charge is 2.34. The van der Waals surface area contributed by atoms with Gasteiger partial charge in [0, 0.05) is 25.6 Å². The Hall–Kier alpha value is -2.37. The molecule has 1 heterocycles. The summed E-state index contributed by atoms with van der Waals surface area (Å²) in [7, 11) is 1.51. The molecule has 2 N–H and O–H groups in total. The van der Waals surface area contributed by atoms with E-state index in [1.165, 1.54) is 18.0 Å². The van der Waals surface area contributed by atoms with Crippen LogP contribution in [-0.2, 0) is 14.4 Å². The van der Waals surface area contributed by atoms with Crippen molar-refractivity contribution < 1.29 is 19.5 Å². The lowest BCUT2D eigenvalue weighted by molar-refractivity contribution is -0.131. The Morgan fingerprint density at radius 3 is 2.75 bits per heavy atom. The van der Waals surface area contributed by atoms with Crippen LogP contribution in [0.5, 0.6) is 0 Å². The van der Waals surface area contributed by atoms with Crippen molar-refractivity contribution >= 4 is 18.1 Å². The molecule has 0 aromatic carbocycles. The van der Waals surface area contributed by atoms with Crippen molar-refractivity contribution in [3.63, 3.8) is 0 Å². The molecule has 0 saturated carbocycles. The zero-order valence-electron chi connectivity index (χ0n) is 11.4. The van der Waals surface area contributed by atoms with Crippen LogP contribution in [0.3, 0.4) is 0 Å². The van der Waals surface area contributed by atoms with Gasteiger partial charge in [0.25, 0.3) is 5.91 Å². The number of carbonyl (C=O) groups excluding carboxylic acids is 3. The number of aldehydes is 1. The average molecular weight is 278 g/mol. The number of carbonyl (C=O) groups is 3. The first-order valence-electron chi connectivity index (χ1n) is 6.15. The first-order chi connectivity index (χ1) is 9.40. The van der Waals surface area contributed by atoms with Crippen LogP contribution < -0.4 is 5.32 Å². The second-order valence-electron chi connectivity index (χ2n) is 4.49. The maximum absolute atomic E-state index is 12.0. The Kier molecular flexibility index (Phi) is 5.25. The van der Waals surface area contributed by atoms with Crippen molar-refractivity contribution in [1.82, 2.24) is 10.2 Å². The third-order valence-electron chi connectivity index (χ3n) is 3.09. The molecule has 0 bridgehead atoms. The standard InChI is InChI=1S/C14H18N2O4/c1-9(18)6-11-7-16(14(20)10(11)2)12(8-17)4-5-13(19)15-3/h6,8,12,18H,1-2,4-5,7H2,3H3,(H,15,19)/b11-6-. The largest absolute Gasteiger partial charge is 0.509 e. The van der Waals surface area contributed by atoms with Crippen LogP contribution in [0.4, 0.5) is 0 Å². The van der Waals surface area contributed by atoms with Gasteiger partial charge in [-0.3, -0.25) is 9.59 Å². The molecular weight excluding hydrogens is 260 g/mol. The zero-order chi connectivity index (χ0) is 15.3. The van der Waals surface area contributed by atoms with Gasteiger partial charge in [0.05, 0.1) is 6.04 Å². The number of nitrogens with zero attached hydrogens (tertiary/aromatic N) is 1. The molecule has 1 aliphatic rings. The summed E-state index contributed by atoms with van der Waals surface area (Å²) in [5.74, 6) is -0.739. The smallest absolute Gasteiger partial charge is 0.254 e. The third-order valence-corrected chi connectivity index (χ3v) is 3.09. The number of likely N-dealkylation sites (tertiary alicyclic amines) is 1. The highest BCUT2D eigenvalue weighted by atomic mass is 16.3. The molecule has 6 heteroatoms. The Balaban J connectivity index is 2.81. The molecular formula is C14H18N2O4. The molecule has 1 atom stereocenters. The number of aliphatic hydroxyl groups excluding tert-OH is 1. The summed E-state index contributed by atoms with van der Waals surface area (Å²) < 4.78 is 0. The zero-order valence-corrected chi connectivity index (χ0v) is 11.4. The van der Waals surface area contributed by atoms with Crippen LogP contribution in [0.25, 0.3) is 0 Å². The number of allylic oxidation sites excluding steroid dienone is 1. The minimum atomic E-state index is -0.686. The van der Waals surface area contributed by atoms with E-state index >= 15 is 0 Å². The molecule has 1 aliphatic heterocycles. The summed E-state index contributed by atoms with van der Waals surface area (Å²) in [5.41, 5.74) is 0.751. The highest BCUT2D eigenvalue weighted by Crippen LogP contribution is 2.25. The van der Waals surface area contributed by atoms with E-state index in [0.717, 1.165) is 0 Å². The van der Waals surface area contributed by atoms with Gasteiger partial charge in [-0.2, -0.15) is 0 Å². The first kappa shape index (κ1) is 15.7. The number of hydrogen-bond donors (Lipinski definition) is 2. The number of amides is 2. The van der Waals surface area contributed by atoms with Gasteiger partial charge in [0.2, 0.25) is 5.91 Å². The number of nitrogens with one attached hydrogen (secondary N) is 1. The van der Waals surface area contributed by atoms with Gasteiger partial charge in [0.1, 0.15) is 12.0 Å². The second-order valence-corrected chi connectivity index (χ2v) is 4.49. The molecule has 1 unspecified atom stereocenters. The molecule has 108 valence electrons. The maximum Gasteiger partial charge on any atom is 0.254 e. The molecule has 1 fully saturated rings. The van der Waals surface area contributed by atoms with E-state index in [-0.39, 0.29) is 42.5 Å². The third kappa shape index (κ3) is 3.57. The van der Waals surface area contributed by atoms with Gasteiger partial charge in [-0.25, -0.2) is 0 Å². The van der Waals surface area contributed by atoms with Gasteiger partial charge in [-0.05, 0) is 18.1 Å². The predicted octanol–water partition coefficient (Wildman–Crippen LogP) is 0.477. The van der Waals surface area contributed by atoms with Gasteiger partial charge in [-0.15, -0.1) is 0 Å². The van der Waals surface area contributed by atoms with Crippen molar-refractivity contribution in [2.24, 2.45) is 0 Å². The molecule has 0 aromatic rings. The van der Waals surface area contributed by atoms with Crippen LogP contribution in [-0.4, -0.2) is 47.7 Å². The van der Waals surface area contributed by atoms with Gasteiger partial charge < -0.3 is 20.1 Å². The lowest BCUT2D eigenvalue weighted by Crippen LogP contribution is -2.38. The molecule has 1 saturated heterocycles. The fourth-order valence-electron chi connectivity index (χ4n) is 1.96. The fourth-order valence-corrected chi connectivity index (χ4v) is 1.96. The van der Waals surface area contributed by atoms with Crippen LogP contribution in [0.1, 0.15) is 12.8 Å². The lowest BCUT2D eigenvalue weighted by atomic mass is 10.1. The summed E-state index contributed by atoms with van der Waals surface area (Å²) in [5, 5.41) is 11.6. The van der Waals surface area contributed by atoms with E-state index in [9.17, 15) is 14.4 Å². The minimum absolute atomic E-state index is 0.155. The second kappa shape index (κ2) is 6.70. The van der Waals surface area contributed by atoms with E-state index in [1.54, 1.807) is 0 Å². The fraction of sp³-hybridized carbons (Fsp3) is 0.357. The summed E-state index contributed by atoms with van der Waals surface area (Å²) >= 11 is 0. The van der Waals surface area contributed by atoms with Gasteiger partial charge >= 0.3 is 0 Å². The first-order valence-corrected chi connectivity index (χ1v) is 6.15. The van der Waals surface area contributed by atoms with E-state index < -0.39 is 6.04 Å². The minimum Gasteiger partial charge on any atom is -0.509 e. The van der Waals surface area contributed by atoms with Crippen molar-refractivity contribution in [2.45, 2.75) is 18.9 Å². The van der Waals surface area contributed by atoms with Crippen molar-refractivity contribution in [3.05, 3.63) is 36.1 Å². The summed E-state index contributed by atoms with van der Waals surface area (Å²) in [4.78, 5) is 35.7. The molecule has 0 aliphatic carbocycles. The number of aliphatic hydroxyl groups is 1. The molecule has 1 rings (SSSR count). The van der Waals surface area contributed by atoms with Crippen molar-refractivity contribution in [1.29, 1.82) is 0 Å². The average Bonchev–Trinajstić information content (AvgIpc) is 2.67. The predicted molar refractivity (Wildman–Crippen MR) is 73.9 cm³/mol. The molecule has 0 radical (unpaired) electrons. The molecule has 20 heavy (non-hydrogen) atoms. The molecule has 2 amide bonds. The quantitative estimate of drug-likeness (QED) is 0.420. The van der Waals surface area contributed by atoms with E-state index in [1.807, 2.05) is 0 Å². The van der Waals surface area contributed by atoms with E-state index in [2.05, 4.69) is 18.5 Å². The Labute approximate surface area is 117 Å². The molecule has 0 spiro atoms. The van der Waals surface area contributed by atoms with Crippen molar-refractivity contribution in [2.75, 3.05) is 13.6 Å². The number of rotatable bonds is 6.